The summed E-state index contributed by atoms with van der Waals surface area (Å²) in [5, 5.41) is 0. The molecule has 0 bridgehead atoms. The smallest absolute Gasteiger partial charge is 0.462 e. The minimum absolute atomic E-state index is 0.0190. The van der Waals surface area contributed by atoms with Gasteiger partial charge in [0.05, 0.1) is 27.7 Å². The predicted octanol–water partition coefficient (Wildman–Crippen LogP) is 22.7. The molecule has 0 radical (unpaired) electrons. The Balaban J connectivity index is 4.17. The molecule has 0 aromatic rings. The summed E-state index contributed by atoms with van der Waals surface area (Å²) >= 11 is 0. The van der Waals surface area contributed by atoms with E-state index in [0.717, 1.165) is 154 Å². The largest absolute Gasteiger partial charge is 0.472 e. The Hall–Kier alpha value is -4.89. The SMILES string of the molecule is CC/C=C\C/C=C\C/C=C\C/C=C\C/C=C\C/C=C\C/C=C\C/C=C\C/C=C\CCCCCCCCCCCC(=O)OC(COC(=O)CCCCCCCCCC/C=C\C/C=C\C/C=C\C/C=C\C/C=C\C/C=C\CC)COP(=O)(O)OCC[N+](C)(C)C. The van der Waals surface area contributed by atoms with Crippen molar-refractivity contribution < 1.29 is 42.1 Å². The number of hydrogen-bond donors (Lipinski definition) is 1. The quantitative estimate of drug-likeness (QED) is 0.0211. The van der Waals surface area contributed by atoms with Gasteiger partial charge >= 0.3 is 19.8 Å². The molecule has 0 rings (SSSR count). The van der Waals surface area contributed by atoms with Crippen molar-refractivity contribution in [3.8, 4) is 0 Å². The number of carbonyl (C=O) groups is 2. The summed E-state index contributed by atoms with van der Waals surface area (Å²) in [5.41, 5.74) is 0. The van der Waals surface area contributed by atoms with Crippen LogP contribution in [0.4, 0.5) is 0 Å². The highest BCUT2D eigenvalue weighted by molar-refractivity contribution is 7.47. The molecule has 0 fully saturated rings. The molecule has 0 amide bonds. The van der Waals surface area contributed by atoms with Crippen LogP contribution in [0.2, 0.25) is 0 Å². The number of quaternary nitrogens is 1. The van der Waals surface area contributed by atoms with Crippen molar-refractivity contribution in [1.82, 2.24) is 0 Å². The van der Waals surface area contributed by atoms with Crippen molar-refractivity contribution in [2.24, 2.45) is 0 Å². The van der Waals surface area contributed by atoms with Gasteiger partial charge in [-0.1, -0.05) is 280 Å². The van der Waals surface area contributed by atoms with Crippen LogP contribution in [0.1, 0.15) is 245 Å². The molecule has 1 N–H and O–H groups in total. The van der Waals surface area contributed by atoms with Crippen molar-refractivity contribution >= 4 is 19.8 Å². The Morgan fingerprint density at radius 2 is 0.614 bits per heavy atom. The highest BCUT2D eigenvalue weighted by Gasteiger charge is 2.27. The van der Waals surface area contributed by atoms with Gasteiger partial charge in [0.1, 0.15) is 19.8 Å². The normalized spacial score (nSPS) is 14.3. The summed E-state index contributed by atoms with van der Waals surface area (Å²) < 4.78 is 34.7. The molecular formula is C78H127NO8P+. The second-order valence-corrected chi connectivity index (χ2v) is 24.9. The Bertz CT molecular complexity index is 2140. The zero-order valence-electron chi connectivity index (χ0n) is 56.4. The van der Waals surface area contributed by atoms with E-state index in [2.05, 4.69) is 196 Å². The first-order valence-corrected chi connectivity index (χ1v) is 36.0. The Morgan fingerprint density at radius 3 is 0.909 bits per heavy atom. The summed E-state index contributed by atoms with van der Waals surface area (Å²) in [6, 6.07) is 0. The average Bonchev–Trinajstić information content (AvgIpc) is 3.68. The van der Waals surface area contributed by atoms with E-state index in [4.69, 9.17) is 18.5 Å². The van der Waals surface area contributed by atoms with E-state index in [-0.39, 0.29) is 32.0 Å². The molecule has 0 aromatic carbocycles. The lowest BCUT2D eigenvalue weighted by atomic mass is 10.1. The number of unbranched alkanes of at least 4 members (excludes halogenated alkanes) is 17. The number of hydrogen-bond acceptors (Lipinski definition) is 7. The van der Waals surface area contributed by atoms with Crippen molar-refractivity contribution in [3.05, 3.63) is 182 Å². The Kier molecular flexibility index (Phi) is 62.8. The second kappa shape index (κ2) is 66.5. The zero-order chi connectivity index (χ0) is 64.1. The summed E-state index contributed by atoms with van der Waals surface area (Å²) in [4.78, 5) is 35.9. The highest BCUT2D eigenvalue weighted by atomic mass is 31.2. The van der Waals surface area contributed by atoms with Crippen molar-refractivity contribution in [1.29, 1.82) is 0 Å². The maximum Gasteiger partial charge on any atom is 0.472 e. The van der Waals surface area contributed by atoms with Crippen molar-refractivity contribution in [2.75, 3.05) is 47.5 Å². The van der Waals surface area contributed by atoms with Gasteiger partial charge in [0.25, 0.3) is 0 Å². The maximum atomic E-state index is 12.9. The molecule has 0 saturated carbocycles. The lowest BCUT2D eigenvalue weighted by molar-refractivity contribution is -0.870. The van der Waals surface area contributed by atoms with Gasteiger partial charge in [-0.25, -0.2) is 4.57 Å². The molecule has 496 valence electrons. The zero-order valence-corrected chi connectivity index (χ0v) is 57.3. The number of carbonyl (C=O) groups excluding carboxylic acids is 2. The summed E-state index contributed by atoms with van der Waals surface area (Å²) in [6.07, 6.45) is 103. The molecule has 10 heteroatoms. The van der Waals surface area contributed by atoms with Gasteiger partial charge < -0.3 is 18.9 Å². The fourth-order valence-corrected chi connectivity index (χ4v) is 9.46. The van der Waals surface area contributed by atoms with Crippen LogP contribution in [0, 0.1) is 0 Å². The van der Waals surface area contributed by atoms with Gasteiger partial charge in [0.15, 0.2) is 6.10 Å². The van der Waals surface area contributed by atoms with Gasteiger partial charge in [-0.3, -0.25) is 18.6 Å². The molecule has 0 saturated heterocycles. The average molecular weight is 1240 g/mol. The van der Waals surface area contributed by atoms with Crippen LogP contribution < -0.4 is 0 Å². The van der Waals surface area contributed by atoms with Crippen LogP contribution in [0.15, 0.2) is 182 Å². The third-order valence-electron chi connectivity index (χ3n) is 13.9. The molecule has 9 nitrogen and oxygen atoms in total. The molecule has 0 aliphatic heterocycles. The third-order valence-corrected chi connectivity index (χ3v) is 14.9. The van der Waals surface area contributed by atoms with Crippen molar-refractivity contribution in [2.45, 2.75) is 251 Å². The molecule has 0 spiro atoms. The van der Waals surface area contributed by atoms with E-state index in [1.807, 2.05) is 21.1 Å². The monoisotopic (exact) mass is 1240 g/mol. The number of phosphoric acid groups is 1. The number of rotatable bonds is 61. The molecule has 2 atom stereocenters. The van der Waals surface area contributed by atoms with Crippen LogP contribution in [0.25, 0.3) is 0 Å². The van der Waals surface area contributed by atoms with Crippen LogP contribution in [-0.2, 0) is 32.7 Å². The first kappa shape index (κ1) is 83.1. The van der Waals surface area contributed by atoms with Crippen LogP contribution in [-0.4, -0.2) is 74.9 Å². The van der Waals surface area contributed by atoms with Crippen LogP contribution in [0.3, 0.4) is 0 Å². The molecule has 88 heavy (non-hydrogen) atoms. The van der Waals surface area contributed by atoms with E-state index in [0.29, 0.717) is 17.4 Å². The molecule has 0 heterocycles. The summed E-state index contributed by atoms with van der Waals surface area (Å²) in [7, 11) is 1.44. The molecular weight excluding hydrogens is 1110 g/mol. The second-order valence-electron chi connectivity index (χ2n) is 23.4. The minimum atomic E-state index is -4.41. The summed E-state index contributed by atoms with van der Waals surface area (Å²) in [6.45, 7) is 4.17. The molecule has 2 unspecified atom stereocenters. The molecule has 0 aliphatic rings. The first-order chi connectivity index (χ1) is 43.0. The lowest BCUT2D eigenvalue weighted by Gasteiger charge is -2.24. The van der Waals surface area contributed by atoms with E-state index in [1.54, 1.807) is 0 Å². The first-order valence-electron chi connectivity index (χ1n) is 34.5. The van der Waals surface area contributed by atoms with Crippen molar-refractivity contribution in [3.63, 3.8) is 0 Å². The molecule has 0 aromatic heterocycles. The number of esters is 2. The van der Waals surface area contributed by atoms with Gasteiger partial charge in [-0.15, -0.1) is 0 Å². The van der Waals surface area contributed by atoms with Gasteiger partial charge in [-0.05, 0) is 135 Å². The third kappa shape index (κ3) is 70.2. The fraction of sp³-hybridized carbons (Fsp3) is 0.590. The minimum Gasteiger partial charge on any atom is -0.462 e. The Morgan fingerprint density at radius 1 is 0.352 bits per heavy atom. The molecule has 0 aliphatic carbocycles. The predicted molar refractivity (Wildman–Crippen MR) is 380 cm³/mol. The number of likely N-dealkylation sites (N-methyl/N-ethyl adjacent to an activating group) is 1. The van der Waals surface area contributed by atoms with Gasteiger partial charge in [0.2, 0.25) is 0 Å². The highest BCUT2D eigenvalue weighted by Crippen LogP contribution is 2.43. The van der Waals surface area contributed by atoms with E-state index in [9.17, 15) is 19.0 Å². The lowest BCUT2D eigenvalue weighted by Crippen LogP contribution is -2.37. The Labute approximate surface area is 540 Å². The number of ether oxygens (including phenoxy) is 2. The number of nitrogens with zero attached hydrogens (tertiary/aromatic N) is 1. The number of phosphoric ester groups is 1. The number of allylic oxidation sites excluding steroid dienone is 30. The standard InChI is InChI=1S/C78H126NO8P/c1-6-8-10-12-14-16-18-20-22-24-26-28-30-32-34-35-36-37-38-39-40-41-42-43-45-47-49-51-53-55-57-59-61-63-65-67-69-71-78(81)87-76(75-86-88(82,83)85-73-72-79(3,4)5)74-84-77(80)70-68-66-64-62-60-58-56-54-52-50-48-46-44-33-31-29-27-25-23-21-19-17-15-13-11-9-7-2/h8-11,14-17,20-23,26-29,32-34,36-37,39-40,42-44,47-50,76H,6-7,12-13,18-19,24-25,30-31,35,38,41,45-46,51-75H2,1-5H3/p+1/b10-8-,11-9-,16-14-,17-15-,22-20-,23-21-,28-26-,29-27-,34-32-,37-36-,40-39-,43-42-,44-33-,49-47-,50-48-. The van der Waals surface area contributed by atoms with Gasteiger partial charge in [-0.2, -0.15) is 0 Å². The maximum absolute atomic E-state index is 12.9. The van der Waals surface area contributed by atoms with Gasteiger partial charge in [0, 0.05) is 12.8 Å². The fourth-order valence-electron chi connectivity index (χ4n) is 8.72. The van der Waals surface area contributed by atoms with E-state index >= 15 is 0 Å². The van der Waals surface area contributed by atoms with Crippen LogP contribution >= 0.6 is 7.82 Å². The van der Waals surface area contributed by atoms with E-state index in [1.165, 1.54) is 57.8 Å². The topological polar surface area (TPSA) is 108 Å². The summed E-state index contributed by atoms with van der Waals surface area (Å²) in [5.74, 6) is -0.826. The van der Waals surface area contributed by atoms with Crippen LogP contribution in [0.5, 0.6) is 0 Å². The van der Waals surface area contributed by atoms with E-state index < -0.39 is 26.5 Å².